The Kier molecular flexibility index (Phi) is 6.54. The minimum Gasteiger partial charge on any atom is -0.492 e. The van der Waals surface area contributed by atoms with Crippen molar-refractivity contribution in [2.45, 2.75) is 72.1 Å². The molecule has 4 heteroatoms. The van der Waals surface area contributed by atoms with E-state index >= 15 is 0 Å². The van der Waals surface area contributed by atoms with Crippen LogP contribution in [0.25, 0.3) is 5.57 Å². The third kappa shape index (κ3) is 4.08. The standard InChI is InChI=1S/C30H39NO3/c1-4-31(5-2)16-17-34-23-10-6-20(7-11-23)26-19-30(3)27(14-15-28(30)33)25-12-8-21-18-22(32)9-13-24(21)29(25)26/h6-7,10-11,25,27H,4-5,8-9,12-19H2,1-3H3. The van der Waals surface area contributed by atoms with Crippen molar-refractivity contribution in [2.75, 3.05) is 26.2 Å². The summed E-state index contributed by atoms with van der Waals surface area (Å²) in [6.45, 7) is 10.3. The number of ether oxygens (including phenoxy) is 1. The zero-order valence-corrected chi connectivity index (χ0v) is 21.1. The topological polar surface area (TPSA) is 46.6 Å². The fourth-order valence-electron chi connectivity index (χ4n) is 7.22. The van der Waals surface area contributed by atoms with E-state index in [-0.39, 0.29) is 5.41 Å². The van der Waals surface area contributed by atoms with Crippen LogP contribution < -0.4 is 4.74 Å². The quantitative estimate of drug-likeness (QED) is 0.499. The first kappa shape index (κ1) is 23.5. The number of rotatable bonds is 7. The molecule has 0 saturated heterocycles. The van der Waals surface area contributed by atoms with Crippen LogP contribution in [0.1, 0.15) is 77.7 Å². The van der Waals surface area contributed by atoms with Crippen LogP contribution in [-0.2, 0) is 9.59 Å². The Morgan fingerprint density at radius 1 is 0.971 bits per heavy atom. The maximum atomic E-state index is 13.1. The number of ketones is 2. The Hall–Kier alpha value is -2.20. The van der Waals surface area contributed by atoms with E-state index in [4.69, 9.17) is 4.74 Å². The minimum atomic E-state index is -0.245. The van der Waals surface area contributed by atoms with Gasteiger partial charge in [-0.3, -0.25) is 9.59 Å². The van der Waals surface area contributed by atoms with Gasteiger partial charge >= 0.3 is 0 Å². The van der Waals surface area contributed by atoms with Gasteiger partial charge in [0.15, 0.2) is 0 Å². The monoisotopic (exact) mass is 461 g/mol. The van der Waals surface area contributed by atoms with Crippen molar-refractivity contribution >= 4 is 17.1 Å². The van der Waals surface area contributed by atoms with Crippen LogP contribution in [0.5, 0.6) is 5.75 Å². The first-order chi connectivity index (χ1) is 16.4. The van der Waals surface area contributed by atoms with E-state index in [1.54, 1.807) is 0 Å². The van der Waals surface area contributed by atoms with E-state index in [9.17, 15) is 9.59 Å². The summed E-state index contributed by atoms with van der Waals surface area (Å²) in [4.78, 5) is 27.6. The molecule has 0 N–H and O–H groups in total. The van der Waals surface area contributed by atoms with Crippen LogP contribution in [0.15, 0.2) is 41.0 Å². The number of likely N-dealkylation sites (N-methyl/N-ethyl adjacent to an activating group) is 1. The molecule has 0 spiro atoms. The van der Waals surface area contributed by atoms with Crippen molar-refractivity contribution < 1.29 is 14.3 Å². The summed E-state index contributed by atoms with van der Waals surface area (Å²) < 4.78 is 6.03. The second-order valence-corrected chi connectivity index (χ2v) is 10.9. The van der Waals surface area contributed by atoms with Crippen LogP contribution >= 0.6 is 0 Å². The molecule has 1 aromatic carbocycles. The molecular weight excluding hydrogens is 422 g/mol. The fourth-order valence-corrected chi connectivity index (χ4v) is 7.22. The molecule has 5 rings (SSSR count). The molecule has 4 aliphatic carbocycles. The van der Waals surface area contributed by atoms with Crippen LogP contribution in [0.3, 0.4) is 0 Å². The van der Waals surface area contributed by atoms with Crippen molar-refractivity contribution in [1.82, 2.24) is 4.90 Å². The van der Waals surface area contributed by atoms with Crippen molar-refractivity contribution in [2.24, 2.45) is 17.3 Å². The second-order valence-electron chi connectivity index (χ2n) is 10.9. The van der Waals surface area contributed by atoms with Gasteiger partial charge in [-0.1, -0.05) is 38.5 Å². The molecule has 34 heavy (non-hydrogen) atoms. The van der Waals surface area contributed by atoms with Gasteiger partial charge in [-0.15, -0.1) is 0 Å². The molecule has 3 atom stereocenters. The van der Waals surface area contributed by atoms with Crippen molar-refractivity contribution in [3.63, 3.8) is 0 Å². The van der Waals surface area contributed by atoms with Gasteiger partial charge in [-0.25, -0.2) is 0 Å². The fraction of sp³-hybridized carbons (Fsp3) is 0.600. The Balaban J connectivity index is 1.47. The van der Waals surface area contributed by atoms with Gasteiger partial charge < -0.3 is 9.64 Å². The summed E-state index contributed by atoms with van der Waals surface area (Å²) in [7, 11) is 0. The van der Waals surface area contributed by atoms with Crippen molar-refractivity contribution in [1.29, 1.82) is 0 Å². The highest BCUT2D eigenvalue weighted by molar-refractivity contribution is 5.92. The Bertz CT molecular complexity index is 1030. The molecule has 0 amide bonds. The molecule has 3 unspecified atom stereocenters. The largest absolute Gasteiger partial charge is 0.492 e. The third-order valence-corrected chi connectivity index (χ3v) is 9.21. The molecule has 1 saturated carbocycles. The van der Waals surface area contributed by atoms with E-state index in [1.165, 1.54) is 27.9 Å². The zero-order valence-electron chi connectivity index (χ0n) is 21.1. The average Bonchev–Trinajstić information content (AvgIpc) is 3.15. The number of hydrogen-bond acceptors (Lipinski definition) is 4. The smallest absolute Gasteiger partial charge is 0.139 e. The lowest BCUT2D eigenvalue weighted by molar-refractivity contribution is -0.126. The van der Waals surface area contributed by atoms with Gasteiger partial charge in [0.05, 0.1) is 0 Å². The molecule has 4 aliphatic rings. The van der Waals surface area contributed by atoms with Crippen LogP contribution in [-0.4, -0.2) is 42.7 Å². The highest BCUT2D eigenvalue weighted by Crippen LogP contribution is 2.61. The molecule has 0 aromatic heterocycles. The number of benzene rings is 1. The Morgan fingerprint density at radius 2 is 1.74 bits per heavy atom. The summed E-state index contributed by atoms with van der Waals surface area (Å²) in [6, 6.07) is 8.57. The van der Waals surface area contributed by atoms with E-state index < -0.39 is 0 Å². The molecule has 1 fully saturated rings. The van der Waals surface area contributed by atoms with Crippen LogP contribution in [0.4, 0.5) is 0 Å². The third-order valence-electron chi connectivity index (χ3n) is 9.21. The average molecular weight is 462 g/mol. The Labute approximate surface area is 204 Å². The van der Waals surface area contributed by atoms with Crippen LogP contribution in [0, 0.1) is 17.3 Å². The lowest BCUT2D eigenvalue weighted by atomic mass is 9.56. The predicted molar refractivity (Wildman–Crippen MR) is 136 cm³/mol. The number of carbonyl (C=O) groups is 2. The second kappa shape index (κ2) is 9.45. The highest BCUT2D eigenvalue weighted by Gasteiger charge is 2.54. The van der Waals surface area contributed by atoms with Gasteiger partial charge in [0.1, 0.15) is 23.9 Å². The molecule has 0 heterocycles. The lowest BCUT2D eigenvalue weighted by Gasteiger charge is -2.47. The lowest BCUT2D eigenvalue weighted by Crippen LogP contribution is -2.40. The molecule has 0 bridgehead atoms. The van der Waals surface area contributed by atoms with Gasteiger partial charge in [0, 0.05) is 31.2 Å². The highest BCUT2D eigenvalue weighted by atomic mass is 16.5. The van der Waals surface area contributed by atoms with E-state index in [0.29, 0.717) is 42.9 Å². The zero-order chi connectivity index (χ0) is 23.9. The molecule has 182 valence electrons. The number of hydrogen-bond donors (Lipinski definition) is 0. The molecular formula is C30H39NO3. The molecule has 0 aliphatic heterocycles. The number of allylic oxidation sites excluding steroid dienone is 4. The summed E-state index contributed by atoms with van der Waals surface area (Å²) in [5, 5.41) is 0. The first-order valence-electron chi connectivity index (χ1n) is 13.4. The van der Waals surface area contributed by atoms with Crippen molar-refractivity contribution in [3.05, 3.63) is 46.5 Å². The van der Waals surface area contributed by atoms with Gasteiger partial charge in [-0.05, 0) is 91.4 Å². The minimum absolute atomic E-state index is 0.245. The molecule has 4 nitrogen and oxygen atoms in total. The molecule has 1 aromatic rings. The van der Waals surface area contributed by atoms with E-state index in [2.05, 4.69) is 49.9 Å². The summed E-state index contributed by atoms with van der Waals surface area (Å²) >= 11 is 0. The SMILES string of the molecule is CCN(CC)CCOc1ccc(C2=C3C4=C(CCC3C3CCC(=O)C3(C)C2)CC(=O)CC4)cc1. The molecule has 0 radical (unpaired) electrons. The number of carbonyl (C=O) groups excluding carboxylic acids is 2. The van der Waals surface area contributed by atoms with E-state index in [0.717, 1.165) is 63.9 Å². The number of fused-ring (bicyclic) bond motifs is 4. The van der Waals surface area contributed by atoms with Gasteiger partial charge in [-0.2, -0.15) is 0 Å². The Morgan fingerprint density at radius 3 is 2.47 bits per heavy atom. The summed E-state index contributed by atoms with van der Waals surface area (Å²) in [6.07, 6.45) is 6.89. The maximum Gasteiger partial charge on any atom is 0.139 e. The normalized spacial score (nSPS) is 28.8. The van der Waals surface area contributed by atoms with Crippen molar-refractivity contribution in [3.8, 4) is 5.75 Å². The van der Waals surface area contributed by atoms with E-state index in [1.807, 2.05) is 0 Å². The maximum absolute atomic E-state index is 13.1. The number of nitrogens with zero attached hydrogens (tertiary/aromatic N) is 1. The summed E-state index contributed by atoms with van der Waals surface area (Å²) in [5.41, 5.74) is 6.68. The van der Waals surface area contributed by atoms with Crippen LogP contribution in [0.2, 0.25) is 0 Å². The summed E-state index contributed by atoms with van der Waals surface area (Å²) in [5.74, 6) is 2.65. The van der Waals surface area contributed by atoms with Gasteiger partial charge in [0.2, 0.25) is 0 Å². The number of Topliss-reactive ketones (excluding diaryl/α,β-unsaturated/α-hetero) is 2. The first-order valence-corrected chi connectivity index (χ1v) is 13.4. The predicted octanol–water partition coefficient (Wildman–Crippen LogP) is 6.01. The van der Waals surface area contributed by atoms with Gasteiger partial charge in [0.25, 0.3) is 0 Å².